The Kier molecular flexibility index (Phi) is 4.43. The van der Waals surface area contributed by atoms with Crippen LogP contribution in [0.5, 0.6) is 5.75 Å². The molecule has 0 bridgehead atoms. The SMILES string of the molecule is Cc1ccc(OCC(=O)N2CCCC2CN)cc1C. The monoisotopic (exact) mass is 262 g/mol. The Morgan fingerprint density at radius 1 is 1.42 bits per heavy atom. The molecule has 1 unspecified atom stereocenters. The molecule has 1 fully saturated rings. The molecule has 19 heavy (non-hydrogen) atoms. The number of nitrogens with zero attached hydrogens (tertiary/aromatic N) is 1. The first-order valence-corrected chi connectivity index (χ1v) is 6.81. The van der Waals surface area contributed by atoms with E-state index in [9.17, 15) is 4.79 Å². The number of aryl methyl sites for hydroxylation is 2. The predicted molar refractivity (Wildman–Crippen MR) is 75.2 cm³/mol. The van der Waals surface area contributed by atoms with Gasteiger partial charge in [-0.1, -0.05) is 6.07 Å². The number of hydrogen-bond acceptors (Lipinski definition) is 3. The van der Waals surface area contributed by atoms with Gasteiger partial charge in [-0.25, -0.2) is 0 Å². The molecule has 2 rings (SSSR count). The second-order valence-electron chi connectivity index (χ2n) is 5.15. The van der Waals surface area contributed by atoms with Crippen LogP contribution in [0.3, 0.4) is 0 Å². The Balaban J connectivity index is 1.91. The van der Waals surface area contributed by atoms with Gasteiger partial charge in [0, 0.05) is 19.1 Å². The lowest BCUT2D eigenvalue weighted by atomic mass is 10.1. The molecule has 4 nitrogen and oxygen atoms in total. The summed E-state index contributed by atoms with van der Waals surface area (Å²) in [6.07, 6.45) is 2.04. The minimum absolute atomic E-state index is 0.0335. The topological polar surface area (TPSA) is 55.6 Å². The Labute approximate surface area is 114 Å². The average Bonchev–Trinajstić information content (AvgIpc) is 2.88. The summed E-state index contributed by atoms with van der Waals surface area (Å²) >= 11 is 0. The summed E-state index contributed by atoms with van der Waals surface area (Å²) in [4.78, 5) is 13.9. The number of hydrogen-bond donors (Lipinski definition) is 1. The van der Waals surface area contributed by atoms with E-state index in [2.05, 4.69) is 6.92 Å². The van der Waals surface area contributed by atoms with E-state index in [4.69, 9.17) is 10.5 Å². The van der Waals surface area contributed by atoms with Crippen molar-refractivity contribution in [3.05, 3.63) is 29.3 Å². The zero-order valence-corrected chi connectivity index (χ0v) is 11.7. The summed E-state index contributed by atoms with van der Waals surface area (Å²) in [7, 11) is 0. The Hall–Kier alpha value is -1.55. The molecule has 1 atom stereocenters. The molecule has 1 aliphatic rings. The van der Waals surface area contributed by atoms with E-state index in [1.54, 1.807) is 0 Å². The minimum Gasteiger partial charge on any atom is -0.484 e. The van der Waals surface area contributed by atoms with Crippen molar-refractivity contribution in [3.63, 3.8) is 0 Å². The first-order chi connectivity index (χ1) is 9.11. The third-order valence-electron chi connectivity index (χ3n) is 3.81. The van der Waals surface area contributed by atoms with Crippen LogP contribution in [0.25, 0.3) is 0 Å². The number of amides is 1. The van der Waals surface area contributed by atoms with Gasteiger partial charge < -0.3 is 15.4 Å². The summed E-state index contributed by atoms with van der Waals surface area (Å²) in [5, 5.41) is 0. The summed E-state index contributed by atoms with van der Waals surface area (Å²) < 4.78 is 5.58. The maximum atomic E-state index is 12.1. The standard InChI is InChI=1S/C15H22N2O2/c1-11-5-6-14(8-12(11)2)19-10-15(18)17-7-3-4-13(17)9-16/h5-6,8,13H,3-4,7,9-10,16H2,1-2H3. The van der Waals surface area contributed by atoms with Gasteiger partial charge >= 0.3 is 0 Å². The van der Waals surface area contributed by atoms with Crippen molar-refractivity contribution in [3.8, 4) is 5.75 Å². The van der Waals surface area contributed by atoms with Gasteiger partial charge in [-0.3, -0.25) is 4.79 Å². The number of ether oxygens (including phenoxy) is 1. The number of benzene rings is 1. The van der Waals surface area contributed by atoms with Gasteiger partial charge in [0.05, 0.1) is 0 Å². The average molecular weight is 262 g/mol. The molecule has 1 aromatic carbocycles. The maximum absolute atomic E-state index is 12.1. The van der Waals surface area contributed by atoms with Gasteiger partial charge in [0.25, 0.3) is 5.91 Å². The number of carbonyl (C=O) groups is 1. The lowest BCUT2D eigenvalue weighted by Gasteiger charge is -2.23. The van der Waals surface area contributed by atoms with Crippen molar-refractivity contribution in [1.29, 1.82) is 0 Å². The fraction of sp³-hybridized carbons (Fsp3) is 0.533. The molecular weight excluding hydrogens is 240 g/mol. The van der Waals surface area contributed by atoms with Crippen LogP contribution in [-0.2, 0) is 4.79 Å². The molecule has 0 radical (unpaired) electrons. The van der Waals surface area contributed by atoms with Crippen LogP contribution in [-0.4, -0.2) is 36.5 Å². The second kappa shape index (κ2) is 6.06. The quantitative estimate of drug-likeness (QED) is 0.897. The lowest BCUT2D eigenvalue weighted by molar-refractivity contribution is -0.134. The lowest BCUT2D eigenvalue weighted by Crippen LogP contribution is -2.42. The summed E-state index contributed by atoms with van der Waals surface area (Å²) in [5.74, 6) is 0.783. The molecule has 104 valence electrons. The van der Waals surface area contributed by atoms with Gasteiger partial charge in [0.1, 0.15) is 5.75 Å². The third-order valence-corrected chi connectivity index (χ3v) is 3.81. The second-order valence-corrected chi connectivity index (χ2v) is 5.15. The van der Waals surface area contributed by atoms with E-state index < -0.39 is 0 Å². The summed E-state index contributed by atoms with van der Waals surface area (Å²) in [6, 6.07) is 6.07. The number of nitrogens with two attached hydrogens (primary N) is 1. The van der Waals surface area contributed by atoms with E-state index in [0.717, 1.165) is 25.1 Å². The molecule has 1 saturated heterocycles. The van der Waals surface area contributed by atoms with Crippen LogP contribution in [0.2, 0.25) is 0 Å². The summed E-state index contributed by atoms with van der Waals surface area (Å²) in [6.45, 7) is 5.53. The van der Waals surface area contributed by atoms with Gasteiger partial charge in [0.2, 0.25) is 0 Å². The molecule has 1 aromatic rings. The fourth-order valence-electron chi connectivity index (χ4n) is 2.44. The van der Waals surface area contributed by atoms with Crippen LogP contribution in [0.15, 0.2) is 18.2 Å². The molecule has 4 heteroatoms. The Morgan fingerprint density at radius 2 is 2.21 bits per heavy atom. The fourth-order valence-corrected chi connectivity index (χ4v) is 2.44. The summed E-state index contributed by atoms with van der Waals surface area (Å²) in [5.41, 5.74) is 8.07. The zero-order chi connectivity index (χ0) is 13.8. The van der Waals surface area contributed by atoms with Gasteiger partial charge in [-0.2, -0.15) is 0 Å². The molecule has 1 amide bonds. The zero-order valence-electron chi connectivity index (χ0n) is 11.7. The van der Waals surface area contributed by atoms with Crippen molar-refractivity contribution in [2.24, 2.45) is 5.73 Å². The van der Waals surface area contributed by atoms with E-state index in [0.29, 0.717) is 6.54 Å². The molecule has 0 spiro atoms. The molecular formula is C15H22N2O2. The molecule has 1 aliphatic heterocycles. The molecule has 0 saturated carbocycles. The van der Waals surface area contributed by atoms with Crippen LogP contribution >= 0.6 is 0 Å². The highest BCUT2D eigenvalue weighted by molar-refractivity contribution is 5.78. The first-order valence-electron chi connectivity index (χ1n) is 6.81. The molecule has 2 N–H and O–H groups in total. The van der Waals surface area contributed by atoms with E-state index in [-0.39, 0.29) is 18.6 Å². The number of rotatable bonds is 4. The van der Waals surface area contributed by atoms with Crippen molar-refractivity contribution in [1.82, 2.24) is 4.90 Å². The van der Waals surface area contributed by atoms with E-state index in [1.165, 1.54) is 11.1 Å². The maximum Gasteiger partial charge on any atom is 0.260 e. The van der Waals surface area contributed by atoms with E-state index in [1.807, 2.05) is 30.0 Å². The van der Waals surface area contributed by atoms with Crippen molar-refractivity contribution >= 4 is 5.91 Å². The van der Waals surface area contributed by atoms with Crippen molar-refractivity contribution < 1.29 is 9.53 Å². The number of carbonyl (C=O) groups excluding carboxylic acids is 1. The van der Waals surface area contributed by atoms with Crippen molar-refractivity contribution in [2.45, 2.75) is 32.7 Å². The molecule has 0 aromatic heterocycles. The highest BCUT2D eigenvalue weighted by atomic mass is 16.5. The number of likely N-dealkylation sites (tertiary alicyclic amines) is 1. The smallest absolute Gasteiger partial charge is 0.260 e. The van der Waals surface area contributed by atoms with Gasteiger partial charge in [-0.15, -0.1) is 0 Å². The van der Waals surface area contributed by atoms with Crippen molar-refractivity contribution in [2.75, 3.05) is 19.7 Å². The van der Waals surface area contributed by atoms with Gasteiger partial charge in [0.15, 0.2) is 6.61 Å². The Morgan fingerprint density at radius 3 is 2.89 bits per heavy atom. The van der Waals surface area contributed by atoms with Gasteiger partial charge in [-0.05, 0) is 49.9 Å². The van der Waals surface area contributed by atoms with Crippen LogP contribution in [0.1, 0.15) is 24.0 Å². The Bertz CT molecular complexity index is 459. The van der Waals surface area contributed by atoms with Crippen LogP contribution < -0.4 is 10.5 Å². The minimum atomic E-state index is 0.0335. The van der Waals surface area contributed by atoms with E-state index >= 15 is 0 Å². The first kappa shape index (κ1) is 13.9. The normalized spacial score (nSPS) is 18.7. The third kappa shape index (κ3) is 3.26. The molecule has 1 heterocycles. The van der Waals surface area contributed by atoms with Crippen LogP contribution in [0, 0.1) is 13.8 Å². The predicted octanol–water partition coefficient (Wildman–Crippen LogP) is 1.63. The highest BCUT2D eigenvalue weighted by Crippen LogP contribution is 2.18. The largest absolute Gasteiger partial charge is 0.484 e. The highest BCUT2D eigenvalue weighted by Gasteiger charge is 2.27. The molecule has 0 aliphatic carbocycles. The van der Waals surface area contributed by atoms with Crippen LogP contribution in [0.4, 0.5) is 0 Å².